The Morgan fingerprint density at radius 2 is 2.16 bits per heavy atom. The van der Waals surface area contributed by atoms with Crippen molar-refractivity contribution in [1.82, 2.24) is 4.90 Å². The van der Waals surface area contributed by atoms with Gasteiger partial charge in [0.15, 0.2) is 6.61 Å². The second-order valence-electron chi connectivity index (χ2n) is 3.91. The Labute approximate surface area is 113 Å². The molecule has 0 fully saturated rings. The smallest absolute Gasteiger partial charge is 0.260 e. The molecule has 0 saturated carbocycles. The van der Waals surface area contributed by atoms with Crippen LogP contribution in [0.4, 0.5) is 0 Å². The van der Waals surface area contributed by atoms with Crippen molar-refractivity contribution in [3.63, 3.8) is 0 Å². The summed E-state index contributed by atoms with van der Waals surface area (Å²) >= 11 is 0. The number of carbonyl (C=O) groups is 1. The van der Waals surface area contributed by atoms with Crippen LogP contribution in [-0.2, 0) is 9.53 Å². The van der Waals surface area contributed by atoms with Gasteiger partial charge in [0.2, 0.25) is 0 Å². The van der Waals surface area contributed by atoms with Gasteiger partial charge in [0, 0.05) is 20.2 Å². The van der Waals surface area contributed by atoms with Crippen LogP contribution in [0.3, 0.4) is 0 Å². The molecule has 1 rings (SSSR count). The molecule has 102 valence electrons. The molecule has 1 aromatic rings. The molecule has 0 heterocycles. The lowest BCUT2D eigenvalue weighted by molar-refractivity contribution is -0.132. The SMILES string of the molecule is CCOCCN(C)C(=O)COc1ccccc1C#N. The molecule has 5 heteroatoms. The van der Waals surface area contributed by atoms with Crippen LogP contribution in [0.25, 0.3) is 0 Å². The first-order valence-electron chi connectivity index (χ1n) is 6.12. The number of hydrogen-bond acceptors (Lipinski definition) is 4. The van der Waals surface area contributed by atoms with Gasteiger partial charge >= 0.3 is 0 Å². The zero-order valence-corrected chi connectivity index (χ0v) is 11.3. The highest BCUT2D eigenvalue weighted by Crippen LogP contribution is 2.16. The topological polar surface area (TPSA) is 62.6 Å². The van der Waals surface area contributed by atoms with Crippen LogP contribution in [0, 0.1) is 11.3 Å². The van der Waals surface area contributed by atoms with Crippen molar-refractivity contribution in [1.29, 1.82) is 5.26 Å². The van der Waals surface area contributed by atoms with Crippen molar-refractivity contribution < 1.29 is 14.3 Å². The van der Waals surface area contributed by atoms with Crippen LogP contribution in [0.5, 0.6) is 5.75 Å². The fourth-order valence-electron chi connectivity index (χ4n) is 1.41. The Hall–Kier alpha value is -2.06. The monoisotopic (exact) mass is 262 g/mol. The van der Waals surface area contributed by atoms with E-state index < -0.39 is 0 Å². The minimum absolute atomic E-state index is 0.0820. The number of amides is 1. The zero-order valence-electron chi connectivity index (χ0n) is 11.3. The number of nitriles is 1. The van der Waals surface area contributed by atoms with Gasteiger partial charge in [-0.3, -0.25) is 4.79 Å². The Morgan fingerprint density at radius 1 is 1.42 bits per heavy atom. The maximum absolute atomic E-state index is 11.8. The highest BCUT2D eigenvalue weighted by atomic mass is 16.5. The number of likely N-dealkylation sites (N-methyl/N-ethyl adjacent to an activating group) is 1. The van der Waals surface area contributed by atoms with E-state index in [1.165, 1.54) is 0 Å². The van der Waals surface area contributed by atoms with E-state index in [9.17, 15) is 4.79 Å². The number of rotatable bonds is 7. The van der Waals surface area contributed by atoms with Gasteiger partial charge in [0.25, 0.3) is 5.91 Å². The van der Waals surface area contributed by atoms with Gasteiger partial charge in [-0.05, 0) is 19.1 Å². The largest absolute Gasteiger partial charge is 0.482 e. The fraction of sp³-hybridized carbons (Fsp3) is 0.429. The van der Waals surface area contributed by atoms with Crippen LogP contribution in [-0.4, -0.2) is 44.2 Å². The van der Waals surface area contributed by atoms with Crippen molar-refractivity contribution in [2.24, 2.45) is 0 Å². The second kappa shape index (κ2) is 8.11. The van der Waals surface area contributed by atoms with Gasteiger partial charge in [-0.2, -0.15) is 5.26 Å². The molecule has 0 bridgehead atoms. The van der Waals surface area contributed by atoms with E-state index in [2.05, 4.69) is 0 Å². The van der Waals surface area contributed by atoms with E-state index in [0.29, 0.717) is 31.1 Å². The Bertz CT molecular complexity index is 454. The first-order chi connectivity index (χ1) is 9.19. The molecule has 0 saturated heterocycles. The third kappa shape index (κ3) is 4.98. The summed E-state index contributed by atoms with van der Waals surface area (Å²) in [7, 11) is 1.70. The lowest BCUT2D eigenvalue weighted by Crippen LogP contribution is -2.34. The standard InChI is InChI=1S/C14H18N2O3/c1-3-18-9-8-16(2)14(17)11-19-13-7-5-4-6-12(13)10-15/h4-7H,3,8-9,11H2,1-2H3. The fourth-order valence-corrected chi connectivity index (χ4v) is 1.41. The van der Waals surface area contributed by atoms with E-state index in [1.807, 2.05) is 13.0 Å². The van der Waals surface area contributed by atoms with Gasteiger partial charge in [-0.15, -0.1) is 0 Å². The van der Waals surface area contributed by atoms with Crippen LogP contribution < -0.4 is 4.74 Å². The lowest BCUT2D eigenvalue weighted by Gasteiger charge is -2.17. The van der Waals surface area contributed by atoms with E-state index in [1.54, 1.807) is 36.2 Å². The summed E-state index contributed by atoms with van der Waals surface area (Å²) < 4.78 is 10.5. The third-order valence-corrected chi connectivity index (χ3v) is 2.56. The van der Waals surface area contributed by atoms with Gasteiger partial charge in [-0.1, -0.05) is 12.1 Å². The van der Waals surface area contributed by atoms with Gasteiger partial charge in [0.05, 0.1) is 12.2 Å². The number of para-hydroxylation sites is 1. The van der Waals surface area contributed by atoms with Crippen LogP contribution in [0.15, 0.2) is 24.3 Å². The number of carbonyl (C=O) groups excluding carboxylic acids is 1. The highest BCUT2D eigenvalue weighted by Gasteiger charge is 2.10. The molecule has 0 spiro atoms. The van der Waals surface area contributed by atoms with E-state index in [0.717, 1.165) is 0 Å². The van der Waals surface area contributed by atoms with Gasteiger partial charge in [-0.25, -0.2) is 0 Å². The second-order valence-corrected chi connectivity index (χ2v) is 3.91. The molecule has 0 atom stereocenters. The van der Waals surface area contributed by atoms with E-state index in [-0.39, 0.29) is 12.5 Å². The molecule has 1 aromatic carbocycles. The van der Waals surface area contributed by atoms with Gasteiger partial charge < -0.3 is 14.4 Å². The molecule has 0 aliphatic carbocycles. The summed E-state index contributed by atoms with van der Waals surface area (Å²) in [6, 6.07) is 8.86. The van der Waals surface area contributed by atoms with Crippen LogP contribution in [0.2, 0.25) is 0 Å². The van der Waals surface area contributed by atoms with Crippen LogP contribution in [0.1, 0.15) is 12.5 Å². The zero-order chi connectivity index (χ0) is 14.1. The van der Waals surface area contributed by atoms with Crippen molar-refractivity contribution in [3.8, 4) is 11.8 Å². The number of ether oxygens (including phenoxy) is 2. The molecule has 5 nitrogen and oxygen atoms in total. The summed E-state index contributed by atoms with van der Waals surface area (Å²) in [4.78, 5) is 13.3. The summed E-state index contributed by atoms with van der Waals surface area (Å²) in [5, 5.41) is 8.89. The third-order valence-electron chi connectivity index (χ3n) is 2.56. The summed E-state index contributed by atoms with van der Waals surface area (Å²) in [6.07, 6.45) is 0. The maximum atomic E-state index is 11.8. The van der Waals surface area contributed by atoms with Crippen molar-refractivity contribution in [2.45, 2.75) is 6.92 Å². The molecular formula is C14H18N2O3. The molecule has 0 aromatic heterocycles. The normalized spacial score (nSPS) is 9.74. The average molecular weight is 262 g/mol. The highest BCUT2D eigenvalue weighted by molar-refractivity contribution is 5.77. The molecule has 0 radical (unpaired) electrons. The molecule has 0 aliphatic rings. The van der Waals surface area contributed by atoms with E-state index in [4.69, 9.17) is 14.7 Å². The minimum atomic E-state index is -0.146. The molecule has 1 amide bonds. The van der Waals surface area contributed by atoms with Gasteiger partial charge in [0.1, 0.15) is 11.8 Å². The molecule has 19 heavy (non-hydrogen) atoms. The maximum Gasteiger partial charge on any atom is 0.260 e. The summed E-state index contributed by atoms with van der Waals surface area (Å²) in [5.41, 5.74) is 0.423. The minimum Gasteiger partial charge on any atom is -0.482 e. The lowest BCUT2D eigenvalue weighted by atomic mass is 10.2. The first kappa shape index (κ1) is 15.0. The predicted octanol–water partition coefficient (Wildman–Crippen LogP) is 1.43. The Balaban J connectivity index is 2.43. The summed E-state index contributed by atoms with van der Waals surface area (Å²) in [5.74, 6) is 0.281. The first-order valence-corrected chi connectivity index (χ1v) is 6.12. The van der Waals surface area contributed by atoms with Crippen LogP contribution >= 0.6 is 0 Å². The number of benzene rings is 1. The average Bonchev–Trinajstić information content (AvgIpc) is 2.45. The quantitative estimate of drug-likeness (QED) is 0.697. The van der Waals surface area contributed by atoms with Crippen molar-refractivity contribution in [2.75, 3.05) is 33.4 Å². The number of nitrogens with zero attached hydrogens (tertiary/aromatic N) is 2. The Morgan fingerprint density at radius 3 is 2.84 bits per heavy atom. The molecule has 0 aliphatic heterocycles. The molecule has 0 N–H and O–H groups in total. The molecular weight excluding hydrogens is 244 g/mol. The van der Waals surface area contributed by atoms with Crippen molar-refractivity contribution >= 4 is 5.91 Å². The predicted molar refractivity (Wildman–Crippen MR) is 70.8 cm³/mol. The van der Waals surface area contributed by atoms with E-state index >= 15 is 0 Å². The Kier molecular flexibility index (Phi) is 6.41. The molecule has 0 unspecified atom stereocenters. The number of hydrogen-bond donors (Lipinski definition) is 0. The van der Waals surface area contributed by atoms with Crippen molar-refractivity contribution in [3.05, 3.63) is 29.8 Å². The summed E-state index contributed by atoms with van der Waals surface area (Å²) in [6.45, 7) is 3.49.